The van der Waals surface area contributed by atoms with Crippen molar-refractivity contribution in [3.8, 4) is 11.1 Å². The molecule has 8 aromatic rings. The van der Waals surface area contributed by atoms with E-state index in [2.05, 4.69) is 216 Å². The van der Waals surface area contributed by atoms with Crippen molar-refractivity contribution < 1.29 is 0 Å². The quantitative estimate of drug-likeness (QED) is 0.156. The number of rotatable bonds is 6. The number of hydrogen-bond donors (Lipinski definition) is 0. The van der Waals surface area contributed by atoms with E-state index in [1.807, 2.05) is 0 Å². The number of fused-ring (bicyclic) bond motifs is 12. The lowest BCUT2D eigenvalue weighted by Crippen LogP contribution is -2.27. The van der Waals surface area contributed by atoms with Crippen molar-refractivity contribution in [2.24, 2.45) is 0 Å². The van der Waals surface area contributed by atoms with Crippen molar-refractivity contribution >= 4 is 55.6 Å². The Morgan fingerprint density at radius 1 is 0.441 bits per heavy atom. The number of anilines is 5. The van der Waals surface area contributed by atoms with Crippen LogP contribution in [-0.4, -0.2) is 0 Å². The number of hydrogen-bond acceptors (Lipinski definition) is 2. The Morgan fingerprint density at radius 2 is 1.12 bits per heavy atom. The monoisotopic (exact) mass is 754 g/mol. The molecule has 0 fully saturated rings. The first-order valence-electron chi connectivity index (χ1n) is 21.0. The van der Waals surface area contributed by atoms with Gasteiger partial charge in [0.25, 0.3) is 0 Å². The number of benzene rings is 8. The standard InChI is InChI=1S/C57H42N2/c1-4-18-41(19-5-1)58(44-33-35-47-40(37-44)32-31-39-17-10-11-24-46(39)47)45-34-36-49-48-25-12-14-27-51(48)57(54(49)38-45)52-28-15-13-26-50(52)56-53(57)29-16-30-55(56)59(42-20-6-2-7-21-42)43-22-8-3-9-23-43/h1-8,10-12,14-22,24-25,27-38H,9,13,23,26H2. The molecule has 0 saturated carbocycles. The summed E-state index contributed by atoms with van der Waals surface area (Å²) in [6.07, 6.45) is 15.8. The van der Waals surface area contributed by atoms with E-state index >= 15 is 0 Å². The Bertz CT molecular complexity index is 3110. The van der Waals surface area contributed by atoms with Crippen LogP contribution in [0.4, 0.5) is 28.4 Å². The normalized spacial score (nSPS) is 17.2. The van der Waals surface area contributed by atoms with E-state index in [0.717, 1.165) is 42.7 Å². The van der Waals surface area contributed by atoms with Crippen molar-refractivity contribution in [2.45, 2.75) is 31.1 Å². The van der Waals surface area contributed by atoms with Gasteiger partial charge in [0.15, 0.2) is 0 Å². The smallest absolute Gasteiger partial charge is 0.0723 e. The topological polar surface area (TPSA) is 6.48 Å². The first kappa shape index (κ1) is 33.9. The van der Waals surface area contributed by atoms with Gasteiger partial charge in [0.05, 0.1) is 11.1 Å². The zero-order valence-corrected chi connectivity index (χ0v) is 32.9. The Kier molecular flexibility index (Phi) is 7.74. The van der Waals surface area contributed by atoms with Crippen molar-refractivity contribution in [3.05, 3.63) is 240 Å². The third kappa shape index (κ3) is 5.06. The van der Waals surface area contributed by atoms with Crippen LogP contribution in [0.25, 0.3) is 38.2 Å². The van der Waals surface area contributed by atoms with Gasteiger partial charge in [-0.25, -0.2) is 0 Å². The summed E-state index contributed by atoms with van der Waals surface area (Å²) in [4.78, 5) is 4.99. The summed E-state index contributed by atoms with van der Waals surface area (Å²) in [5.41, 5.74) is 17.8. The molecule has 4 aliphatic carbocycles. The molecule has 0 radical (unpaired) electrons. The van der Waals surface area contributed by atoms with Crippen molar-refractivity contribution in [1.29, 1.82) is 0 Å². The summed E-state index contributed by atoms with van der Waals surface area (Å²) in [6.45, 7) is 0. The Balaban J connectivity index is 1.11. The van der Waals surface area contributed by atoms with E-state index in [-0.39, 0.29) is 0 Å². The van der Waals surface area contributed by atoms with Crippen LogP contribution in [-0.2, 0) is 5.41 Å². The van der Waals surface area contributed by atoms with Gasteiger partial charge in [0.2, 0.25) is 0 Å². The zero-order chi connectivity index (χ0) is 38.9. The summed E-state index contributed by atoms with van der Waals surface area (Å²) in [6, 6.07) is 65.6. The summed E-state index contributed by atoms with van der Waals surface area (Å²) in [5.74, 6) is 0. The van der Waals surface area contributed by atoms with Crippen LogP contribution in [0.15, 0.2) is 218 Å². The van der Waals surface area contributed by atoms with Gasteiger partial charge in [0, 0.05) is 34.0 Å². The predicted octanol–water partition coefficient (Wildman–Crippen LogP) is 15.3. The van der Waals surface area contributed by atoms with Crippen LogP contribution in [0, 0.1) is 0 Å². The van der Waals surface area contributed by atoms with Gasteiger partial charge in [-0.15, -0.1) is 0 Å². The lowest BCUT2D eigenvalue weighted by atomic mass is 9.69. The number of allylic oxidation sites excluding steroid dienone is 8. The van der Waals surface area contributed by atoms with E-state index in [4.69, 9.17) is 0 Å². The zero-order valence-electron chi connectivity index (χ0n) is 32.9. The number of para-hydroxylation sites is 2. The average molecular weight is 755 g/mol. The molecule has 280 valence electrons. The van der Waals surface area contributed by atoms with Gasteiger partial charge < -0.3 is 9.80 Å². The SMILES string of the molecule is C1=CCCC(N(c2ccccc2)c2cccc3c2C2=C(C=CCC2)C32c3ccccc3-c3ccc(N(c4ccccc4)c4ccc5c(ccc6ccccc65)c4)cc32)=C1. The minimum atomic E-state index is -0.465. The second-order valence-electron chi connectivity index (χ2n) is 16.2. The molecule has 0 aliphatic heterocycles. The van der Waals surface area contributed by atoms with Gasteiger partial charge in [-0.3, -0.25) is 0 Å². The molecule has 59 heavy (non-hydrogen) atoms. The highest BCUT2D eigenvalue weighted by Crippen LogP contribution is 2.65. The molecule has 0 bridgehead atoms. The van der Waals surface area contributed by atoms with Crippen molar-refractivity contribution in [1.82, 2.24) is 0 Å². The molecule has 4 aliphatic rings. The molecule has 0 amide bonds. The first-order valence-corrected chi connectivity index (χ1v) is 21.0. The molecule has 12 rings (SSSR count). The fourth-order valence-electron chi connectivity index (χ4n) is 10.7. The van der Waals surface area contributed by atoms with E-state index in [1.54, 1.807) is 0 Å². The maximum Gasteiger partial charge on any atom is 0.0723 e. The summed E-state index contributed by atoms with van der Waals surface area (Å²) >= 11 is 0. The highest BCUT2D eigenvalue weighted by molar-refractivity contribution is 6.09. The summed E-state index contributed by atoms with van der Waals surface area (Å²) in [7, 11) is 0. The molecule has 0 saturated heterocycles. The molecular formula is C57H42N2. The number of nitrogens with zero attached hydrogens (tertiary/aromatic N) is 2. The van der Waals surface area contributed by atoms with E-state index in [1.165, 1.54) is 83.1 Å². The summed E-state index contributed by atoms with van der Waals surface area (Å²) in [5, 5.41) is 5.06. The fourth-order valence-corrected chi connectivity index (χ4v) is 10.7. The van der Waals surface area contributed by atoms with Gasteiger partial charge in [0.1, 0.15) is 0 Å². The summed E-state index contributed by atoms with van der Waals surface area (Å²) < 4.78 is 0. The molecule has 2 nitrogen and oxygen atoms in total. The Morgan fingerprint density at radius 3 is 1.97 bits per heavy atom. The van der Waals surface area contributed by atoms with E-state index < -0.39 is 5.41 Å². The van der Waals surface area contributed by atoms with Gasteiger partial charge in [-0.1, -0.05) is 146 Å². The third-order valence-electron chi connectivity index (χ3n) is 13.1. The molecule has 0 aromatic heterocycles. The minimum absolute atomic E-state index is 0.465. The predicted molar refractivity (Wildman–Crippen MR) is 248 cm³/mol. The first-order chi connectivity index (χ1) is 29.3. The molecule has 0 N–H and O–H groups in total. The van der Waals surface area contributed by atoms with Gasteiger partial charge in [-0.05, 0) is 147 Å². The van der Waals surface area contributed by atoms with Crippen LogP contribution in [0.2, 0.25) is 0 Å². The van der Waals surface area contributed by atoms with E-state index in [0.29, 0.717) is 0 Å². The highest BCUT2D eigenvalue weighted by Gasteiger charge is 2.53. The molecule has 2 heteroatoms. The molecule has 1 spiro atoms. The van der Waals surface area contributed by atoms with Crippen molar-refractivity contribution in [3.63, 3.8) is 0 Å². The largest absolute Gasteiger partial charge is 0.314 e. The minimum Gasteiger partial charge on any atom is -0.314 e. The lowest BCUT2D eigenvalue weighted by Gasteiger charge is -2.34. The van der Waals surface area contributed by atoms with Gasteiger partial charge >= 0.3 is 0 Å². The molecule has 1 atom stereocenters. The second-order valence-corrected chi connectivity index (χ2v) is 16.2. The van der Waals surface area contributed by atoms with Crippen LogP contribution < -0.4 is 9.80 Å². The average Bonchev–Trinajstić information content (AvgIpc) is 3.78. The third-order valence-corrected chi connectivity index (χ3v) is 13.1. The maximum absolute atomic E-state index is 2.54. The lowest BCUT2D eigenvalue weighted by molar-refractivity contribution is 0.780. The van der Waals surface area contributed by atoms with Crippen LogP contribution in [0.3, 0.4) is 0 Å². The van der Waals surface area contributed by atoms with Crippen molar-refractivity contribution in [2.75, 3.05) is 9.80 Å². The fraction of sp³-hybridized carbons (Fsp3) is 0.0877. The molecule has 0 heterocycles. The molecule has 8 aromatic carbocycles. The Labute approximate surface area is 346 Å². The van der Waals surface area contributed by atoms with Crippen LogP contribution in [0.1, 0.15) is 47.9 Å². The van der Waals surface area contributed by atoms with E-state index in [9.17, 15) is 0 Å². The molecular weight excluding hydrogens is 713 g/mol. The molecule has 1 unspecified atom stereocenters. The second kappa shape index (κ2) is 13.5. The maximum atomic E-state index is 2.54. The Hall–Kier alpha value is -7.16. The van der Waals surface area contributed by atoms with Gasteiger partial charge in [-0.2, -0.15) is 0 Å². The van der Waals surface area contributed by atoms with Crippen LogP contribution in [0.5, 0.6) is 0 Å². The highest BCUT2D eigenvalue weighted by atomic mass is 15.2. The van der Waals surface area contributed by atoms with Crippen LogP contribution >= 0.6 is 0 Å².